The molecule has 1 aliphatic heterocycles. The molecule has 1 saturated heterocycles. The number of aromatic amines is 2. The second-order valence-electron chi connectivity index (χ2n) is 3.97. The summed E-state index contributed by atoms with van der Waals surface area (Å²) in [7, 11) is 0. The molecule has 1 fully saturated rings. The van der Waals surface area contributed by atoms with E-state index >= 15 is 0 Å². The molecule has 1 atom stereocenters. The maximum atomic E-state index is 10.9. The Kier molecular flexibility index (Phi) is 12.4. The van der Waals surface area contributed by atoms with Crippen LogP contribution in [0.5, 0.6) is 0 Å². The molecule has 0 aromatic carbocycles. The second-order valence-corrected chi connectivity index (χ2v) is 3.97. The predicted octanol–water partition coefficient (Wildman–Crippen LogP) is -1.48. The fourth-order valence-electron chi connectivity index (χ4n) is 0.892. The van der Waals surface area contributed by atoms with Gasteiger partial charge in [-0.25, -0.2) is 33.3 Å². The molecule has 1 unspecified atom stereocenters. The predicted molar refractivity (Wildman–Crippen MR) is 90.4 cm³/mol. The molecule has 0 radical (unpaired) electrons. The van der Waals surface area contributed by atoms with Crippen LogP contribution < -0.4 is 17.1 Å². The van der Waals surface area contributed by atoms with Gasteiger partial charge in [-0.15, -0.1) is 0 Å². The van der Waals surface area contributed by atoms with E-state index in [1.807, 2.05) is 9.97 Å². The van der Waals surface area contributed by atoms with Gasteiger partial charge in [0.1, 0.15) is 0 Å². The van der Waals surface area contributed by atoms with E-state index in [4.69, 9.17) is 20.1 Å². The molecule has 0 bridgehead atoms. The van der Waals surface area contributed by atoms with Crippen LogP contribution in [0, 0.1) is 0 Å². The van der Waals surface area contributed by atoms with Crippen molar-refractivity contribution in [1.82, 2.24) is 14.5 Å². The Labute approximate surface area is 150 Å². The van der Waals surface area contributed by atoms with E-state index in [-0.39, 0.29) is 0 Å². The Morgan fingerprint density at radius 3 is 1.33 bits per heavy atom. The van der Waals surface area contributed by atoms with Gasteiger partial charge in [0.05, 0.1) is 6.61 Å². The first-order chi connectivity index (χ1) is 12.5. The van der Waals surface area contributed by atoms with Crippen molar-refractivity contribution in [3.63, 3.8) is 0 Å². The van der Waals surface area contributed by atoms with Crippen LogP contribution in [0.25, 0.3) is 0 Å². The van der Waals surface area contributed by atoms with E-state index < -0.39 is 41.2 Å². The number of carbonyl (C=O) groups is 3. The van der Waals surface area contributed by atoms with Gasteiger partial charge in [-0.3, -0.25) is 9.97 Å². The molecule has 5 N–H and O–H groups in total. The highest BCUT2D eigenvalue weighted by Crippen LogP contribution is 2.17. The quantitative estimate of drug-likeness (QED) is 0.298. The third kappa shape index (κ3) is 14.1. The SMILES string of the molecule is C=CC(=O)O.C=CC(=O)O.C=CC(=O)O.O=c1[nH]c(=O)n(C2CO2)c(=O)[nH]1. The summed E-state index contributed by atoms with van der Waals surface area (Å²) in [6, 6.07) is 0. The maximum Gasteiger partial charge on any atom is 0.335 e. The summed E-state index contributed by atoms with van der Waals surface area (Å²) in [4.78, 5) is 64.0. The van der Waals surface area contributed by atoms with Crippen LogP contribution >= 0.6 is 0 Å². The zero-order chi connectivity index (χ0) is 21.6. The number of nitrogens with one attached hydrogen (secondary N) is 2. The number of epoxide rings is 1. The van der Waals surface area contributed by atoms with Gasteiger partial charge >= 0.3 is 35.0 Å². The zero-order valence-corrected chi connectivity index (χ0v) is 13.8. The Morgan fingerprint density at radius 2 is 1.15 bits per heavy atom. The van der Waals surface area contributed by atoms with Crippen LogP contribution in [0.1, 0.15) is 6.23 Å². The monoisotopic (exact) mass is 387 g/mol. The number of nitrogens with zero attached hydrogens (tertiary/aromatic N) is 1. The first kappa shape index (κ1) is 25.2. The lowest BCUT2D eigenvalue weighted by Gasteiger charge is -1.94. The van der Waals surface area contributed by atoms with E-state index in [9.17, 15) is 28.8 Å². The number of carboxylic acids is 3. The number of H-pyrrole nitrogens is 2. The van der Waals surface area contributed by atoms with E-state index in [0.717, 1.165) is 22.8 Å². The minimum Gasteiger partial charge on any atom is -0.478 e. The molecule has 0 amide bonds. The molecule has 148 valence electrons. The fourth-order valence-corrected chi connectivity index (χ4v) is 0.892. The average Bonchev–Trinajstić information content (AvgIpc) is 3.40. The third-order valence-corrected chi connectivity index (χ3v) is 2.01. The Hall–Kier alpha value is -4.00. The highest BCUT2D eigenvalue weighted by Gasteiger charge is 2.28. The highest BCUT2D eigenvalue weighted by molar-refractivity contribution is 5.79. The maximum absolute atomic E-state index is 10.9. The van der Waals surface area contributed by atoms with Crippen molar-refractivity contribution in [2.75, 3.05) is 6.61 Å². The Morgan fingerprint density at radius 1 is 0.889 bits per heavy atom. The summed E-state index contributed by atoms with van der Waals surface area (Å²) in [5.74, 6) is -2.94. The molecule has 2 heterocycles. The lowest BCUT2D eigenvalue weighted by Crippen LogP contribution is -2.42. The molecule has 2 rings (SSSR count). The molecule has 0 saturated carbocycles. The summed E-state index contributed by atoms with van der Waals surface area (Å²) in [6.07, 6.45) is 1.98. The van der Waals surface area contributed by atoms with Gasteiger partial charge in [0.15, 0.2) is 6.23 Å². The van der Waals surface area contributed by atoms with E-state index in [2.05, 4.69) is 19.7 Å². The summed E-state index contributed by atoms with van der Waals surface area (Å²) in [5, 5.41) is 22.8. The molecule has 27 heavy (non-hydrogen) atoms. The second kappa shape index (κ2) is 13.3. The Balaban J connectivity index is 0. The number of carboxylic acid groups (broad SMARTS) is 3. The third-order valence-electron chi connectivity index (χ3n) is 2.01. The standard InChI is InChI=1S/C5H5N3O4.3C3H4O2/c9-3-6-4(10)8(2-1-12-2)5(11)7-3;3*1-2-3(4)5/h2H,1H2,(H2,6,7,9,10,11);3*2H,1H2,(H,4,5). The normalized spacial score (nSPS) is 12.8. The molecule has 13 heteroatoms. The van der Waals surface area contributed by atoms with E-state index in [1.54, 1.807) is 0 Å². The van der Waals surface area contributed by atoms with Crippen molar-refractivity contribution in [1.29, 1.82) is 0 Å². The van der Waals surface area contributed by atoms with Crippen LogP contribution in [0.4, 0.5) is 0 Å². The largest absolute Gasteiger partial charge is 0.478 e. The highest BCUT2D eigenvalue weighted by atomic mass is 16.6. The molecule has 0 spiro atoms. The molecule has 1 aromatic heterocycles. The topological polar surface area (TPSA) is 212 Å². The summed E-state index contributed by atoms with van der Waals surface area (Å²) in [6.45, 7) is 9.21. The number of rotatable bonds is 4. The van der Waals surface area contributed by atoms with Crippen LogP contribution in [0.2, 0.25) is 0 Å². The Bertz CT molecular complexity index is 780. The number of hydrogen-bond donors (Lipinski definition) is 5. The lowest BCUT2D eigenvalue weighted by molar-refractivity contribution is -0.132. The van der Waals surface area contributed by atoms with Gasteiger partial charge in [0.25, 0.3) is 0 Å². The average molecular weight is 387 g/mol. The molecule has 1 aromatic rings. The molecule has 13 nitrogen and oxygen atoms in total. The van der Waals surface area contributed by atoms with Crippen molar-refractivity contribution in [2.24, 2.45) is 0 Å². The van der Waals surface area contributed by atoms with Crippen LogP contribution in [-0.2, 0) is 19.1 Å². The first-order valence-corrected chi connectivity index (χ1v) is 6.62. The van der Waals surface area contributed by atoms with Crippen molar-refractivity contribution < 1.29 is 34.4 Å². The van der Waals surface area contributed by atoms with Crippen molar-refractivity contribution in [3.05, 3.63) is 69.4 Å². The van der Waals surface area contributed by atoms with Gasteiger partial charge < -0.3 is 20.1 Å². The molecule has 0 aliphatic carbocycles. The van der Waals surface area contributed by atoms with Gasteiger partial charge in [-0.2, -0.15) is 0 Å². The first-order valence-electron chi connectivity index (χ1n) is 6.62. The summed E-state index contributed by atoms with van der Waals surface area (Å²) >= 11 is 0. The van der Waals surface area contributed by atoms with Gasteiger partial charge in [0.2, 0.25) is 0 Å². The number of aliphatic carboxylic acids is 3. The summed E-state index contributed by atoms with van der Waals surface area (Å²) < 4.78 is 5.54. The van der Waals surface area contributed by atoms with Crippen molar-refractivity contribution in [3.8, 4) is 0 Å². The van der Waals surface area contributed by atoms with E-state index in [1.165, 1.54) is 0 Å². The molecular formula is C14H17N3O10. The lowest BCUT2D eigenvalue weighted by atomic mass is 10.7. The molecule has 1 aliphatic rings. The summed E-state index contributed by atoms with van der Waals surface area (Å²) in [5.41, 5.74) is -2.29. The smallest absolute Gasteiger partial charge is 0.335 e. The fraction of sp³-hybridized carbons (Fsp3) is 0.143. The van der Waals surface area contributed by atoms with Crippen molar-refractivity contribution in [2.45, 2.75) is 6.23 Å². The minimum atomic E-state index is -0.981. The number of hydrogen-bond acceptors (Lipinski definition) is 7. The zero-order valence-electron chi connectivity index (χ0n) is 13.8. The number of ether oxygens (including phenoxy) is 1. The number of aromatic nitrogens is 3. The van der Waals surface area contributed by atoms with Crippen LogP contribution in [0.3, 0.4) is 0 Å². The minimum absolute atomic E-state index is 0.328. The van der Waals surface area contributed by atoms with Crippen LogP contribution in [-0.4, -0.2) is 54.4 Å². The van der Waals surface area contributed by atoms with Gasteiger partial charge in [-0.1, -0.05) is 19.7 Å². The van der Waals surface area contributed by atoms with Gasteiger partial charge in [0, 0.05) is 18.2 Å². The van der Waals surface area contributed by atoms with Crippen molar-refractivity contribution >= 4 is 17.9 Å². The van der Waals surface area contributed by atoms with E-state index in [0.29, 0.717) is 6.61 Å². The van der Waals surface area contributed by atoms with Crippen LogP contribution in [0.15, 0.2) is 52.3 Å². The van der Waals surface area contributed by atoms with Gasteiger partial charge in [-0.05, 0) is 0 Å². The molecular weight excluding hydrogens is 370 g/mol.